The van der Waals surface area contributed by atoms with Crippen molar-refractivity contribution in [3.8, 4) is 0 Å². The Bertz CT molecular complexity index is 931. The van der Waals surface area contributed by atoms with Crippen LogP contribution in [0.2, 0.25) is 0 Å². The van der Waals surface area contributed by atoms with E-state index < -0.39 is 34.1 Å². The summed E-state index contributed by atoms with van der Waals surface area (Å²) >= 11 is 1.23. The number of thioether (sulfide) groups is 1. The van der Waals surface area contributed by atoms with Crippen molar-refractivity contribution in [3.63, 3.8) is 0 Å². The summed E-state index contributed by atoms with van der Waals surface area (Å²) in [6.45, 7) is 1.66. The molecular weight excluding hydrogens is 400 g/mol. The minimum Gasteiger partial charge on any atom is -0.480 e. The lowest BCUT2D eigenvalue weighted by Gasteiger charge is -2.39. The third kappa shape index (κ3) is 3.97. The largest absolute Gasteiger partial charge is 0.480 e. The molecule has 12 heteroatoms. The van der Waals surface area contributed by atoms with E-state index in [0.29, 0.717) is 11.3 Å². The number of carboxylic acid groups (broad SMARTS) is 1. The normalized spacial score (nSPS) is 26.6. The van der Waals surface area contributed by atoms with Crippen LogP contribution in [0.1, 0.15) is 18.2 Å². The maximum Gasteiger partial charge on any atom is 0.404 e. The van der Waals surface area contributed by atoms with Crippen molar-refractivity contribution < 1.29 is 24.2 Å². The van der Waals surface area contributed by atoms with Gasteiger partial charge in [0, 0.05) is 6.20 Å². The van der Waals surface area contributed by atoms with Gasteiger partial charge in [-0.1, -0.05) is 0 Å². The zero-order chi connectivity index (χ0) is 21.3. The smallest absolute Gasteiger partial charge is 0.404 e. The summed E-state index contributed by atoms with van der Waals surface area (Å²) in [5.74, 6) is -1.62. The maximum absolute atomic E-state index is 12.7. The van der Waals surface area contributed by atoms with E-state index in [1.54, 1.807) is 31.3 Å². The highest BCUT2D eigenvalue weighted by Crippen LogP contribution is 2.53. The Hall–Kier alpha value is -3.28. The van der Waals surface area contributed by atoms with Crippen LogP contribution in [0.4, 0.5) is 4.79 Å². The second-order valence-electron chi connectivity index (χ2n) is 6.77. The highest BCUT2D eigenvalue weighted by molar-refractivity contribution is 8.02. The van der Waals surface area contributed by atoms with Crippen LogP contribution >= 0.6 is 11.8 Å². The zero-order valence-corrected chi connectivity index (χ0v) is 16.3. The second-order valence-corrected chi connectivity index (χ2v) is 8.39. The Morgan fingerprint density at radius 1 is 1.45 bits per heavy atom. The number of carbonyl (C=O) groups excluding carboxylic acids is 2. The van der Waals surface area contributed by atoms with E-state index in [9.17, 15) is 19.5 Å². The average molecular weight is 420 g/mol. The molecule has 7 N–H and O–H groups in total. The first-order valence-electron chi connectivity index (χ1n) is 8.50. The molecule has 0 aliphatic carbocycles. The van der Waals surface area contributed by atoms with Gasteiger partial charge in [-0.05, 0) is 30.7 Å². The third-order valence-electron chi connectivity index (χ3n) is 4.57. The number of nitrogens with zero attached hydrogens (tertiary/aromatic N) is 3. The number of carbonyl (C=O) groups is 3. The Morgan fingerprint density at radius 3 is 2.79 bits per heavy atom. The molecule has 0 saturated carbocycles. The first-order chi connectivity index (χ1) is 13.6. The molecule has 2 amide bonds. The van der Waals surface area contributed by atoms with E-state index in [2.05, 4.69) is 9.98 Å². The lowest BCUT2D eigenvalue weighted by atomic mass is 9.94. The van der Waals surface area contributed by atoms with Gasteiger partial charge >= 0.3 is 12.1 Å². The highest BCUT2D eigenvalue weighted by Gasteiger charge is 2.63. The maximum atomic E-state index is 12.7. The summed E-state index contributed by atoms with van der Waals surface area (Å²) in [5.41, 5.74) is 17.4. The molecule has 3 heterocycles. The van der Waals surface area contributed by atoms with E-state index >= 15 is 0 Å². The fourth-order valence-corrected chi connectivity index (χ4v) is 4.89. The van der Waals surface area contributed by atoms with Crippen molar-refractivity contribution in [1.82, 2.24) is 9.88 Å². The molecule has 1 aromatic rings. The van der Waals surface area contributed by atoms with Crippen LogP contribution < -0.4 is 17.2 Å². The van der Waals surface area contributed by atoms with Crippen molar-refractivity contribution in [2.24, 2.45) is 22.2 Å². The minimum atomic E-state index is -1.18. The van der Waals surface area contributed by atoms with Crippen LogP contribution in [-0.2, 0) is 20.9 Å². The molecule has 2 aliphatic heterocycles. The number of nitrogens with two attached hydrogens (primary N) is 3. The molecule has 2 unspecified atom stereocenters. The molecule has 3 atom stereocenters. The topological polar surface area (TPSA) is 187 Å². The number of hydrogen-bond donors (Lipinski definition) is 4. The third-order valence-corrected chi connectivity index (χ3v) is 6.15. The van der Waals surface area contributed by atoms with Crippen LogP contribution in [0.25, 0.3) is 6.08 Å². The molecule has 1 aromatic heterocycles. The number of aliphatic imine (C=N–C) groups is 1. The minimum absolute atomic E-state index is 0.0361. The van der Waals surface area contributed by atoms with Crippen molar-refractivity contribution in [2.75, 3.05) is 6.61 Å². The van der Waals surface area contributed by atoms with E-state index in [1.165, 1.54) is 16.7 Å². The van der Waals surface area contributed by atoms with Crippen LogP contribution in [0.15, 0.2) is 28.9 Å². The molecule has 0 spiro atoms. The van der Waals surface area contributed by atoms with Gasteiger partial charge in [0.15, 0.2) is 5.96 Å². The van der Waals surface area contributed by atoms with E-state index in [4.69, 9.17) is 21.9 Å². The summed E-state index contributed by atoms with van der Waals surface area (Å²) in [5, 5.41) is 9.13. The number of aromatic nitrogens is 1. The molecule has 0 radical (unpaired) electrons. The molecule has 2 saturated heterocycles. The molecule has 2 fully saturated rings. The zero-order valence-electron chi connectivity index (χ0n) is 15.4. The first kappa shape index (κ1) is 20.5. The van der Waals surface area contributed by atoms with Gasteiger partial charge in [0.05, 0.1) is 22.6 Å². The van der Waals surface area contributed by atoms with E-state index in [-0.39, 0.29) is 19.1 Å². The lowest BCUT2D eigenvalue weighted by molar-refractivity contribution is -0.153. The van der Waals surface area contributed by atoms with E-state index in [0.717, 1.165) is 5.56 Å². The van der Waals surface area contributed by atoms with Gasteiger partial charge in [0.2, 0.25) is 0 Å². The molecule has 0 bridgehead atoms. The number of rotatable bonds is 6. The number of hydrogen-bond acceptors (Lipinski definition) is 7. The fraction of sp³-hybridized carbons (Fsp3) is 0.353. The van der Waals surface area contributed by atoms with Crippen LogP contribution in [0.3, 0.4) is 0 Å². The van der Waals surface area contributed by atoms with Crippen molar-refractivity contribution >= 4 is 41.8 Å². The van der Waals surface area contributed by atoms with Crippen LogP contribution in [0, 0.1) is 0 Å². The Morgan fingerprint density at radius 2 is 2.17 bits per heavy atom. The highest BCUT2D eigenvalue weighted by atomic mass is 32.2. The van der Waals surface area contributed by atoms with Crippen LogP contribution in [0.5, 0.6) is 0 Å². The van der Waals surface area contributed by atoms with Gasteiger partial charge in [0.1, 0.15) is 18.0 Å². The van der Waals surface area contributed by atoms with Crippen molar-refractivity contribution in [1.29, 1.82) is 0 Å². The average Bonchev–Trinajstić information content (AvgIpc) is 2.94. The number of pyridine rings is 1. The fourth-order valence-electron chi connectivity index (χ4n) is 3.29. The van der Waals surface area contributed by atoms with Gasteiger partial charge in [-0.2, -0.15) is 0 Å². The quantitative estimate of drug-likeness (QED) is 0.203. The summed E-state index contributed by atoms with van der Waals surface area (Å²) < 4.78 is 3.79. The Labute approximate surface area is 170 Å². The summed E-state index contributed by atoms with van der Waals surface area (Å²) in [6, 6.07) is 2.33. The number of guanidine groups is 1. The summed E-state index contributed by atoms with van der Waals surface area (Å²) in [7, 11) is 0. The number of amides is 2. The number of fused-ring (bicyclic) bond motifs is 1. The monoisotopic (exact) mass is 420 g/mol. The molecule has 154 valence electrons. The second kappa shape index (κ2) is 7.62. The van der Waals surface area contributed by atoms with Crippen molar-refractivity contribution in [2.45, 2.75) is 29.6 Å². The Balaban J connectivity index is 1.85. The molecule has 2 aliphatic rings. The number of aliphatic carboxylic acids is 1. The molecule has 11 nitrogen and oxygen atoms in total. The number of β-lactam (4-membered cyclic amide) rings is 1. The standard InChI is InChI=1S/C17H20N6O5S/c1-17(7-28-16(20)27)11(14(25)26)23-12(24)10(13(23)29-17)5-9-4-8(2-3-21-9)6-22-15(18)19/h2-5,11,13H,6-7H2,1H3,(H2,20,27)(H,25,26)(H4,18,19,22)/b10-5-/t11?,13?,17-/m0/s1. The summed E-state index contributed by atoms with van der Waals surface area (Å²) in [4.78, 5) is 44.8. The van der Waals surface area contributed by atoms with E-state index in [1.807, 2.05) is 0 Å². The van der Waals surface area contributed by atoms with Crippen LogP contribution in [-0.4, -0.2) is 61.7 Å². The summed E-state index contributed by atoms with van der Waals surface area (Å²) in [6.07, 6.45) is 2.17. The van der Waals surface area contributed by atoms with Gasteiger partial charge in [-0.25, -0.2) is 14.6 Å². The number of primary amides is 1. The first-order valence-corrected chi connectivity index (χ1v) is 9.38. The van der Waals surface area contributed by atoms with Gasteiger partial charge in [-0.15, -0.1) is 11.8 Å². The predicted molar refractivity (Wildman–Crippen MR) is 105 cm³/mol. The van der Waals surface area contributed by atoms with Gasteiger partial charge in [-0.3, -0.25) is 9.78 Å². The lowest BCUT2D eigenvalue weighted by Crippen LogP contribution is -2.59. The molecule has 0 aromatic carbocycles. The Kier molecular flexibility index (Phi) is 5.38. The molecule has 3 rings (SSSR count). The molecular formula is C17H20N6O5S. The van der Waals surface area contributed by atoms with Crippen molar-refractivity contribution in [3.05, 3.63) is 35.2 Å². The number of ether oxygens (including phenoxy) is 1. The SMILES string of the molecule is C[C@@]1(COC(N)=O)SC2/C(=C\c3cc(CN=C(N)N)ccn3)C(=O)N2C1C(=O)O. The predicted octanol–water partition coefficient (Wildman–Crippen LogP) is -0.539. The van der Waals surface area contributed by atoms with Gasteiger partial charge < -0.3 is 31.9 Å². The number of carboxylic acids is 1. The molecule has 29 heavy (non-hydrogen) atoms. The van der Waals surface area contributed by atoms with Gasteiger partial charge in [0.25, 0.3) is 5.91 Å².